The highest BCUT2D eigenvalue weighted by Crippen LogP contribution is 2.22. The van der Waals surface area contributed by atoms with E-state index in [2.05, 4.69) is 19.9 Å². The highest BCUT2D eigenvalue weighted by atomic mass is 19.1. The van der Waals surface area contributed by atoms with Crippen LogP contribution in [0.3, 0.4) is 0 Å². The Hall–Kier alpha value is -3.88. The Kier molecular flexibility index (Phi) is 7.80. The Morgan fingerprint density at radius 2 is 1.76 bits per heavy atom. The van der Waals surface area contributed by atoms with Gasteiger partial charge in [0.05, 0.1) is 0 Å². The zero-order chi connectivity index (χ0) is 26.6. The summed E-state index contributed by atoms with van der Waals surface area (Å²) in [5, 5.41) is 0. The van der Waals surface area contributed by atoms with E-state index in [0.717, 1.165) is 11.5 Å². The van der Waals surface area contributed by atoms with Crippen molar-refractivity contribution in [3.63, 3.8) is 0 Å². The molecule has 3 aromatic rings. The van der Waals surface area contributed by atoms with E-state index in [1.54, 1.807) is 41.7 Å². The molecule has 0 bridgehead atoms. The number of rotatable bonds is 6. The van der Waals surface area contributed by atoms with Crippen molar-refractivity contribution in [3.05, 3.63) is 71.6 Å². The second kappa shape index (κ2) is 11.0. The Bertz CT molecular complexity index is 1270. The van der Waals surface area contributed by atoms with Gasteiger partial charge in [-0.25, -0.2) is 14.2 Å². The van der Waals surface area contributed by atoms with Gasteiger partial charge in [0.15, 0.2) is 5.78 Å². The summed E-state index contributed by atoms with van der Waals surface area (Å²) in [5.41, 5.74) is 2.38. The van der Waals surface area contributed by atoms with Gasteiger partial charge in [-0.3, -0.25) is 14.8 Å². The SMILES string of the molecule is Cc1cc(-c2ncc(CCC(=O)c3ccc(N4CCN(C(=O)OC(C)(C)C)CC4)nc3)cc2F)ccn1. The molecule has 1 aliphatic heterocycles. The van der Waals surface area contributed by atoms with E-state index in [9.17, 15) is 14.0 Å². The average Bonchev–Trinajstić information content (AvgIpc) is 2.86. The molecule has 0 saturated carbocycles. The van der Waals surface area contributed by atoms with Crippen molar-refractivity contribution in [2.75, 3.05) is 31.1 Å². The van der Waals surface area contributed by atoms with Gasteiger partial charge in [-0.2, -0.15) is 0 Å². The van der Waals surface area contributed by atoms with Gasteiger partial charge < -0.3 is 14.5 Å². The first kappa shape index (κ1) is 26.2. The lowest BCUT2D eigenvalue weighted by Crippen LogP contribution is -2.50. The van der Waals surface area contributed by atoms with E-state index in [4.69, 9.17) is 4.74 Å². The molecule has 4 rings (SSSR count). The summed E-state index contributed by atoms with van der Waals surface area (Å²) < 4.78 is 20.1. The van der Waals surface area contributed by atoms with Gasteiger partial charge in [-0.15, -0.1) is 0 Å². The maximum absolute atomic E-state index is 14.7. The van der Waals surface area contributed by atoms with Crippen molar-refractivity contribution in [3.8, 4) is 11.3 Å². The van der Waals surface area contributed by atoms with Crippen LogP contribution in [0, 0.1) is 12.7 Å². The third-order valence-corrected chi connectivity index (χ3v) is 6.03. The van der Waals surface area contributed by atoms with Crippen molar-refractivity contribution in [2.45, 2.75) is 46.1 Å². The number of pyridine rings is 3. The summed E-state index contributed by atoms with van der Waals surface area (Å²) in [6.45, 7) is 9.75. The van der Waals surface area contributed by atoms with Crippen LogP contribution in [-0.2, 0) is 11.2 Å². The van der Waals surface area contributed by atoms with Crippen LogP contribution in [0.4, 0.5) is 15.0 Å². The number of aromatic nitrogens is 3. The van der Waals surface area contributed by atoms with E-state index >= 15 is 0 Å². The Labute approximate surface area is 216 Å². The minimum absolute atomic E-state index is 0.0666. The molecule has 0 spiro atoms. The molecule has 0 N–H and O–H groups in total. The van der Waals surface area contributed by atoms with Gasteiger partial charge in [-0.1, -0.05) is 0 Å². The highest BCUT2D eigenvalue weighted by Gasteiger charge is 2.26. The second-order valence-corrected chi connectivity index (χ2v) is 10.1. The van der Waals surface area contributed by atoms with Gasteiger partial charge in [0, 0.05) is 68.0 Å². The normalized spacial score (nSPS) is 14.0. The lowest BCUT2D eigenvalue weighted by molar-refractivity contribution is 0.0240. The number of amides is 1. The molecular formula is C28H32FN5O3. The van der Waals surface area contributed by atoms with Crippen molar-refractivity contribution in [2.24, 2.45) is 0 Å². The summed E-state index contributed by atoms with van der Waals surface area (Å²) in [4.78, 5) is 41.6. The number of hydrogen-bond donors (Lipinski definition) is 0. The maximum Gasteiger partial charge on any atom is 0.410 e. The molecule has 1 amide bonds. The van der Waals surface area contributed by atoms with Crippen molar-refractivity contribution in [1.82, 2.24) is 19.9 Å². The zero-order valence-electron chi connectivity index (χ0n) is 21.7. The van der Waals surface area contributed by atoms with E-state index in [0.29, 0.717) is 49.3 Å². The van der Waals surface area contributed by atoms with E-state index in [1.807, 2.05) is 33.8 Å². The molecule has 0 unspecified atom stereocenters. The Morgan fingerprint density at radius 1 is 1.00 bits per heavy atom. The predicted molar refractivity (Wildman–Crippen MR) is 139 cm³/mol. The molecule has 0 aliphatic carbocycles. The van der Waals surface area contributed by atoms with Crippen LogP contribution in [0.1, 0.15) is 48.8 Å². The number of anilines is 1. The number of piperazine rings is 1. The molecule has 0 atom stereocenters. The third-order valence-electron chi connectivity index (χ3n) is 6.03. The van der Waals surface area contributed by atoms with Crippen LogP contribution >= 0.6 is 0 Å². The van der Waals surface area contributed by atoms with Gasteiger partial charge in [0.2, 0.25) is 0 Å². The summed E-state index contributed by atoms with van der Waals surface area (Å²) >= 11 is 0. The Morgan fingerprint density at radius 3 is 2.38 bits per heavy atom. The van der Waals surface area contributed by atoms with Crippen LogP contribution in [0.5, 0.6) is 0 Å². The topological polar surface area (TPSA) is 88.5 Å². The zero-order valence-corrected chi connectivity index (χ0v) is 21.7. The lowest BCUT2D eigenvalue weighted by Gasteiger charge is -2.36. The number of ether oxygens (including phenoxy) is 1. The third kappa shape index (κ3) is 6.87. The Balaban J connectivity index is 1.30. The van der Waals surface area contributed by atoms with Gasteiger partial charge in [0.1, 0.15) is 22.9 Å². The smallest absolute Gasteiger partial charge is 0.410 e. The molecule has 1 fully saturated rings. The van der Waals surface area contributed by atoms with Crippen molar-refractivity contribution < 1.29 is 18.7 Å². The van der Waals surface area contributed by atoms with Crippen molar-refractivity contribution >= 4 is 17.7 Å². The van der Waals surface area contributed by atoms with Crippen molar-refractivity contribution in [1.29, 1.82) is 0 Å². The van der Waals surface area contributed by atoms with E-state index in [-0.39, 0.29) is 24.0 Å². The van der Waals surface area contributed by atoms with E-state index < -0.39 is 11.4 Å². The molecule has 37 heavy (non-hydrogen) atoms. The lowest BCUT2D eigenvalue weighted by atomic mass is 10.0. The molecule has 0 aromatic carbocycles. The number of hydrogen-bond acceptors (Lipinski definition) is 7. The monoisotopic (exact) mass is 505 g/mol. The first-order valence-electron chi connectivity index (χ1n) is 12.4. The first-order valence-corrected chi connectivity index (χ1v) is 12.4. The molecule has 1 saturated heterocycles. The standard InChI is InChI=1S/C28H32FN5O3/c1-19-15-21(9-10-30-19)26-23(29)16-20(17-32-26)5-7-24(35)22-6-8-25(31-18-22)33-11-13-34(14-12-33)27(36)37-28(2,3)4/h6,8-10,15-18H,5,7,11-14H2,1-4H3. The van der Waals surface area contributed by atoms with Crippen LogP contribution < -0.4 is 4.90 Å². The number of ketones is 1. The number of halogens is 1. The van der Waals surface area contributed by atoms with E-state index in [1.165, 1.54) is 6.07 Å². The van der Waals surface area contributed by atoms with Gasteiger partial charge >= 0.3 is 6.09 Å². The fraction of sp³-hybridized carbons (Fsp3) is 0.393. The van der Waals surface area contributed by atoms with Crippen LogP contribution in [-0.4, -0.2) is 63.5 Å². The fourth-order valence-corrected chi connectivity index (χ4v) is 4.10. The fourth-order valence-electron chi connectivity index (χ4n) is 4.10. The summed E-state index contributed by atoms with van der Waals surface area (Å²) in [6.07, 6.45) is 5.11. The second-order valence-electron chi connectivity index (χ2n) is 10.1. The molecule has 194 valence electrons. The highest BCUT2D eigenvalue weighted by molar-refractivity contribution is 5.96. The minimum Gasteiger partial charge on any atom is -0.444 e. The molecule has 9 heteroatoms. The predicted octanol–water partition coefficient (Wildman–Crippen LogP) is 4.86. The van der Waals surface area contributed by atoms with Crippen LogP contribution in [0.15, 0.2) is 48.9 Å². The maximum atomic E-state index is 14.7. The minimum atomic E-state index is -0.522. The molecular weight excluding hydrogens is 473 g/mol. The van der Waals surface area contributed by atoms with Crippen LogP contribution in [0.2, 0.25) is 0 Å². The number of nitrogens with zero attached hydrogens (tertiary/aromatic N) is 5. The molecule has 0 radical (unpaired) electrons. The van der Waals surface area contributed by atoms with Crippen LogP contribution in [0.25, 0.3) is 11.3 Å². The largest absolute Gasteiger partial charge is 0.444 e. The quantitative estimate of drug-likeness (QED) is 0.442. The molecule has 3 aromatic heterocycles. The van der Waals surface area contributed by atoms with Gasteiger partial charge in [-0.05, 0) is 70.0 Å². The number of Topliss-reactive ketones (excluding diaryl/α,β-unsaturated/α-hetero) is 1. The van der Waals surface area contributed by atoms with Gasteiger partial charge in [0.25, 0.3) is 0 Å². The number of carbonyl (C=O) groups excluding carboxylic acids is 2. The number of carbonyl (C=O) groups is 2. The molecule has 4 heterocycles. The first-order chi connectivity index (χ1) is 17.6. The molecule has 8 nitrogen and oxygen atoms in total. The summed E-state index contributed by atoms with van der Waals surface area (Å²) in [6, 6.07) is 8.52. The molecule has 1 aliphatic rings. The average molecular weight is 506 g/mol. The summed E-state index contributed by atoms with van der Waals surface area (Å²) in [7, 11) is 0. The summed E-state index contributed by atoms with van der Waals surface area (Å²) in [5.74, 6) is 0.268. The number of aryl methyl sites for hydroxylation is 2.